The van der Waals surface area contributed by atoms with Crippen LogP contribution >= 0.6 is 0 Å². The van der Waals surface area contributed by atoms with Crippen LogP contribution in [0.15, 0.2) is 53.8 Å². The van der Waals surface area contributed by atoms with Crippen LogP contribution in [0.2, 0.25) is 0 Å². The number of carbonyl (C=O) groups excluding carboxylic acids is 1. The molecule has 3 heterocycles. The van der Waals surface area contributed by atoms with Gasteiger partial charge in [0.1, 0.15) is 11.5 Å². The second-order valence-corrected chi connectivity index (χ2v) is 5.34. The maximum atomic E-state index is 11.9. The summed E-state index contributed by atoms with van der Waals surface area (Å²) in [5, 5.41) is 0.919. The fourth-order valence-electron chi connectivity index (χ4n) is 2.61. The number of hydrogen-bond donors (Lipinski definition) is 1. The molecule has 6 heteroatoms. The number of carbonyl (C=O) groups is 1. The molecule has 1 aliphatic heterocycles. The van der Waals surface area contributed by atoms with E-state index in [1.165, 1.54) is 7.05 Å². The summed E-state index contributed by atoms with van der Waals surface area (Å²) in [6.45, 7) is 1.71. The maximum Gasteiger partial charge on any atom is 0.181 e. The molecule has 3 aromatic rings. The third-order valence-electron chi connectivity index (χ3n) is 3.83. The lowest BCUT2D eigenvalue weighted by molar-refractivity contribution is -0.112. The Morgan fingerprint density at radius 2 is 1.84 bits per heavy atom. The van der Waals surface area contributed by atoms with E-state index in [0.717, 1.165) is 16.5 Å². The van der Waals surface area contributed by atoms with Crippen molar-refractivity contribution in [2.45, 2.75) is 13.3 Å². The molecule has 25 heavy (non-hydrogen) atoms. The van der Waals surface area contributed by atoms with Crippen LogP contribution in [0.3, 0.4) is 0 Å². The van der Waals surface area contributed by atoms with Crippen molar-refractivity contribution in [2.24, 2.45) is 10.7 Å². The van der Waals surface area contributed by atoms with Gasteiger partial charge in [0.25, 0.3) is 0 Å². The molecule has 126 valence electrons. The lowest BCUT2D eigenvalue weighted by atomic mass is 10.0. The molecule has 1 aromatic carbocycles. The SMILES string of the molecule is CC1=Nc2nccc(Oc3cccc4ncccc34)c2CC1=O.CN. The van der Waals surface area contributed by atoms with Crippen LogP contribution in [0, 0.1) is 0 Å². The number of rotatable bonds is 2. The average molecular weight is 334 g/mol. The van der Waals surface area contributed by atoms with Gasteiger partial charge in [0.2, 0.25) is 0 Å². The summed E-state index contributed by atoms with van der Waals surface area (Å²) >= 11 is 0. The first-order valence-electron chi connectivity index (χ1n) is 7.88. The predicted molar refractivity (Wildman–Crippen MR) is 97.6 cm³/mol. The van der Waals surface area contributed by atoms with Crippen molar-refractivity contribution in [3.05, 3.63) is 54.4 Å². The average Bonchev–Trinajstić information content (AvgIpc) is 2.65. The molecule has 0 saturated heterocycles. The molecule has 0 radical (unpaired) electrons. The largest absolute Gasteiger partial charge is 0.456 e. The molecule has 4 rings (SSSR count). The Bertz CT molecular complexity index is 961. The van der Waals surface area contributed by atoms with Gasteiger partial charge in [-0.2, -0.15) is 0 Å². The molecule has 2 N–H and O–H groups in total. The summed E-state index contributed by atoms with van der Waals surface area (Å²) in [7, 11) is 1.50. The van der Waals surface area contributed by atoms with E-state index in [1.807, 2.05) is 30.3 Å². The summed E-state index contributed by atoms with van der Waals surface area (Å²) in [6.07, 6.45) is 3.65. The van der Waals surface area contributed by atoms with Crippen LogP contribution in [0.1, 0.15) is 12.5 Å². The quantitative estimate of drug-likeness (QED) is 0.777. The first-order chi connectivity index (χ1) is 12.2. The van der Waals surface area contributed by atoms with E-state index < -0.39 is 0 Å². The molecule has 0 spiro atoms. The Hall–Kier alpha value is -3.12. The summed E-state index contributed by atoms with van der Waals surface area (Å²) in [5.74, 6) is 1.85. The number of pyridine rings is 2. The zero-order chi connectivity index (χ0) is 17.8. The highest BCUT2D eigenvalue weighted by molar-refractivity contribution is 6.40. The number of aromatic nitrogens is 2. The van der Waals surface area contributed by atoms with Crippen molar-refractivity contribution in [3.8, 4) is 11.5 Å². The lowest BCUT2D eigenvalue weighted by Gasteiger charge is -2.16. The van der Waals surface area contributed by atoms with Crippen LogP contribution in [0.25, 0.3) is 10.9 Å². The van der Waals surface area contributed by atoms with Crippen LogP contribution in [0.5, 0.6) is 11.5 Å². The third kappa shape index (κ3) is 3.25. The summed E-state index contributed by atoms with van der Waals surface area (Å²) < 4.78 is 6.07. The zero-order valence-electron chi connectivity index (χ0n) is 14.1. The number of ketones is 1. The summed E-state index contributed by atoms with van der Waals surface area (Å²) in [4.78, 5) is 24.8. The number of hydrogen-bond acceptors (Lipinski definition) is 6. The molecule has 6 nitrogen and oxygen atoms in total. The maximum absolute atomic E-state index is 11.9. The molecule has 0 saturated carbocycles. The number of aliphatic imine (C=N–C) groups is 1. The number of ether oxygens (including phenoxy) is 1. The highest BCUT2D eigenvalue weighted by Crippen LogP contribution is 2.35. The van der Waals surface area contributed by atoms with Gasteiger partial charge in [-0.15, -0.1) is 0 Å². The second-order valence-electron chi connectivity index (χ2n) is 5.34. The monoisotopic (exact) mass is 334 g/mol. The number of fused-ring (bicyclic) bond motifs is 2. The summed E-state index contributed by atoms with van der Waals surface area (Å²) in [5.41, 5.74) is 6.57. The van der Waals surface area contributed by atoms with Gasteiger partial charge in [-0.05, 0) is 44.3 Å². The Kier molecular flexibility index (Phi) is 4.81. The van der Waals surface area contributed by atoms with Crippen molar-refractivity contribution in [2.75, 3.05) is 7.05 Å². The smallest absolute Gasteiger partial charge is 0.181 e. The first kappa shape index (κ1) is 16.7. The van der Waals surface area contributed by atoms with E-state index in [9.17, 15) is 4.79 Å². The van der Waals surface area contributed by atoms with Crippen molar-refractivity contribution in [1.29, 1.82) is 0 Å². The first-order valence-corrected chi connectivity index (χ1v) is 7.88. The van der Waals surface area contributed by atoms with Gasteiger partial charge in [-0.1, -0.05) is 6.07 Å². The van der Waals surface area contributed by atoms with Crippen molar-refractivity contribution in [1.82, 2.24) is 9.97 Å². The number of nitrogens with zero attached hydrogens (tertiary/aromatic N) is 3. The van der Waals surface area contributed by atoms with Crippen molar-refractivity contribution >= 4 is 28.2 Å². The van der Waals surface area contributed by atoms with E-state index in [1.54, 1.807) is 25.4 Å². The van der Waals surface area contributed by atoms with Crippen molar-refractivity contribution in [3.63, 3.8) is 0 Å². The van der Waals surface area contributed by atoms with E-state index in [4.69, 9.17) is 4.74 Å². The minimum absolute atomic E-state index is 0.00469. The molecule has 1 aliphatic rings. The van der Waals surface area contributed by atoms with Gasteiger partial charge >= 0.3 is 0 Å². The molecule has 0 atom stereocenters. The van der Waals surface area contributed by atoms with Gasteiger partial charge < -0.3 is 10.5 Å². The Balaban J connectivity index is 0.000000880. The zero-order valence-corrected chi connectivity index (χ0v) is 14.1. The fraction of sp³-hybridized carbons (Fsp3) is 0.158. The van der Waals surface area contributed by atoms with Crippen LogP contribution < -0.4 is 10.5 Å². The minimum atomic E-state index is -0.00469. The van der Waals surface area contributed by atoms with Gasteiger partial charge in [0.15, 0.2) is 11.6 Å². The van der Waals surface area contributed by atoms with Crippen LogP contribution in [-0.2, 0) is 11.2 Å². The number of Topliss-reactive ketones (excluding diaryl/α,β-unsaturated/α-hetero) is 1. The molecule has 2 aromatic heterocycles. The Labute approximate surface area is 145 Å². The molecule has 0 fully saturated rings. The predicted octanol–water partition coefficient (Wildman–Crippen LogP) is 3.21. The third-order valence-corrected chi connectivity index (χ3v) is 3.83. The van der Waals surface area contributed by atoms with Crippen LogP contribution in [-0.4, -0.2) is 28.5 Å². The molecule has 0 unspecified atom stereocenters. The highest BCUT2D eigenvalue weighted by Gasteiger charge is 2.22. The van der Waals surface area contributed by atoms with Gasteiger partial charge in [0, 0.05) is 29.8 Å². The van der Waals surface area contributed by atoms with E-state index >= 15 is 0 Å². The minimum Gasteiger partial charge on any atom is -0.456 e. The number of benzene rings is 1. The molecule has 0 bridgehead atoms. The molecule has 0 amide bonds. The highest BCUT2D eigenvalue weighted by atomic mass is 16.5. The number of nitrogens with two attached hydrogens (primary N) is 1. The topological polar surface area (TPSA) is 90.5 Å². The standard InChI is InChI=1S/C18H13N3O2.CH5N/c1-11-15(22)10-13-17(7-9-20-18(13)21-11)23-16-6-2-5-14-12(16)4-3-8-19-14;1-2/h2-9H,10H2,1H3;2H2,1H3. The van der Waals surface area contributed by atoms with E-state index in [-0.39, 0.29) is 12.2 Å². The molecular weight excluding hydrogens is 316 g/mol. The lowest BCUT2D eigenvalue weighted by Crippen LogP contribution is -2.17. The Morgan fingerprint density at radius 1 is 1.00 bits per heavy atom. The van der Waals surface area contributed by atoms with E-state index in [2.05, 4.69) is 20.7 Å². The van der Waals surface area contributed by atoms with Crippen LogP contribution in [0.4, 0.5) is 5.82 Å². The Morgan fingerprint density at radius 3 is 2.68 bits per heavy atom. The van der Waals surface area contributed by atoms with Crippen molar-refractivity contribution < 1.29 is 9.53 Å². The fourth-order valence-corrected chi connectivity index (χ4v) is 2.61. The van der Waals surface area contributed by atoms with E-state index in [0.29, 0.717) is 23.0 Å². The normalized spacial score (nSPS) is 12.8. The molecular formula is C19H18N4O2. The van der Waals surface area contributed by atoms with Gasteiger partial charge in [-0.3, -0.25) is 9.78 Å². The molecule has 0 aliphatic carbocycles. The van der Waals surface area contributed by atoms with Gasteiger partial charge in [0.05, 0.1) is 11.2 Å². The second kappa shape index (κ2) is 7.19. The summed E-state index contributed by atoms with van der Waals surface area (Å²) in [6, 6.07) is 11.3. The van der Waals surface area contributed by atoms with Gasteiger partial charge in [-0.25, -0.2) is 9.98 Å².